The molecular formula is C22H24N6. The molecule has 6 heteroatoms. The lowest BCUT2D eigenvalue weighted by Crippen LogP contribution is -2.37. The molecule has 0 saturated heterocycles. The zero-order valence-corrected chi connectivity index (χ0v) is 16.2. The summed E-state index contributed by atoms with van der Waals surface area (Å²) >= 11 is 0. The summed E-state index contributed by atoms with van der Waals surface area (Å²) in [6.07, 6.45) is 4.62. The number of rotatable bonds is 4. The van der Waals surface area contributed by atoms with Crippen LogP contribution in [0.4, 0.5) is 0 Å². The normalized spacial score (nSPS) is 17.3. The Morgan fingerprint density at radius 1 is 1.11 bits per heavy atom. The van der Waals surface area contributed by atoms with Crippen LogP contribution in [0.2, 0.25) is 0 Å². The molecule has 3 aromatic heterocycles. The minimum absolute atomic E-state index is 0.0385. The molecule has 142 valence electrons. The van der Waals surface area contributed by atoms with Crippen LogP contribution < -0.4 is 0 Å². The third-order valence-corrected chi connectivity index (χ3v) is 5.52. The summed E-state index contributed by atoms with van der Waals surface area (Å²) in [5.74, 6) is 1.09. The number of benzene rings is 1. The Labute approximate surface area is 164 Å². The molecule has 1 N–H and O–H groups in total. The second kappa shape index (κ2) is 6.87. The number of H-pyrrole nitrogens is 1. The number of imidazole rings is 2. The number of nitrogens with one attached hydrogen (secondary N) is 1. The Bertz CT molecular complexity index is 1090. The number of para-hydroxylation sites is 2. The van der Waals surface area contributed by atoms with Crippen molar-refractivity contribution < 1.29 is 0 Å². The van der Waals surface area contributed by atoms with E-state index in [0.717, 1.165) is 42.2 Å². The minimum atomic E-state index is 0.0385. The van der Waals surface area contributed by atoms with Gasteiger partial charge in [0.05, 0.1) is 41.3 Å². The van der Waals surface area contributed by atoms with Gasteiger partial charge in [0.2, 0.25) is 0 Å². The summed E-state index contributed by atoms with van der Waals surface area (Å²) in [5.41, 5.74) is 5.57. The number of pyridine rings is 1. The van der Waals surface area contributed by atoms with E-state index < -0.39 is 0 Å². The summed E-state index contributed by atoms with van der Waals surface area (Å²) in [5, 5.41) is 0. The standard InChI is InChI=1S/C22H24N6/c1-15(2)28-19-9-4-3-7-16(19)26-20(28)13-27-12-10-17-21(25-14-24-17)22(27)18-8-5-6-11-23-18/h3-9,11,14-15,22H,10,12-13H2,1-2H3,(H,24,25)/t22-/m1/s1. The molecule has 6 nitrogen and oxygen atoms in total. The number of hydrogen-bond acceptors (Lipinski definition) is 4. The van der Waals surface area contributed by atoms with E-state index >= 15 is 0 Å². The Kier molecular flexibility index (Phi) is 4.20. The van der Waals surface area contributed by atoms with Gasteiger partial charge in [0, 0.05) is 30.9 Å². The van der Waals surface area contributed by atoms with E-state index in [4.69, 9.17) is 4.98 Å². The fourth-order valence-electron chi connectivity index (χ4n) is 4.32. The number of aromatic nitrogens is 5. The van der Waals surface area contributed by atoms with Gasteiger partial charge in [-0.05, 0) is 38.1 Å². The quantitative estimate of drug-likeness (QED) is 0.590. The van der Waals surface area contributed by atoms with Gasteiger partial charge in [-0.3, -0.25) is 9.88 Å². The fourth-order valence-corrected chi connectivity index (χ4v) is 4.32. The van der Waals surface area contributed by atoms with Crippen LogP contribution in [0.15, 0.2) is 55.0 Å². The summed E-state index contributed by atoms with van der Waals surface area (Å²) in [6, 6.07) is 14.9. The highest BCUT2D eigenvalue weighted by Gasteiger charge is 2.33. The van der Waals surface area contributed by atoms with Gasteiger partial charge in [0.25, 0.3) is 0 Å². The third kappa shape index (κ3) is 2.81. The highest BCUT2D eigenvalue weighted by atomic mass is 15.2. The van der Waals surface area contributed by atoms with Gasteiger partial charge in [-0.15, -0.1) is 0 Å². The zero-order valence-electron chi connectivity index (χ0n) is 16.2. The van der Waals surface area contributed by atoms with E-state index in [0.29, 0.717) is 6.04 Å². The molecule has 0 unspecified atom stereocenters. The van der Waals surface area contributed by atoms with Crippen LogP contribution in [0.1, 0.15) is 48.8 Å². The molecular weight excluding hydrogens is 348 g/mol. The molecule has 1 atom stereocenters. The number of hydrogen-bond donors (Lipinski definition) is 1. The maximum atomic E-state index is 4.97. The van der Waals surface area contributed by atoms with Gasteiger partial charge < -0.3 is 9.55 Å². The summed E-state index contributed by atoms with van der Waals surface area (Å²) in [6.45, 7) is 6.14. The predicted octanol–water partition coefficient (Wildman–Crippen LogP) is 3.88. The molecule has 0 radical (unpaired) electrons. The van der Waals surface area contributed by atoms with Gasteiger partial charge in [0.15, 0.2) is 0 Å². The molecule has 0 amide bonds. The van der Waals surface area contributed by atoms with Gasteiger partial charge in [-0.2, -0.15) is 0 Å². The molecule has 1 aliphatic heterocycles. The van der Waals surface area contributed by atoms with Crippen LogP contribution in [0, 0.1) is 0 Å². The van der Waals surface area contributed by atoms with Gasteiger partial charge in [0.1, 0.15) is 5.82 Å². The van der Waals surface area contributed by atoms with Gasteiger partial charge in [-0.1, -0.05) is 18.2 Å². The largest absolute Gasteiger partial charge is 0.348 e. The first-order valence-corrected chi connectivity index (χ1v) is 9.85. The van der Waals surface area contributed by atoms with Crippen molar-refractivity contribution in [2.75, 3.05) is 6.54 Å². The topological polar surface area (TPSA) is 62.6 Å². The van der Waals surface area contributed by atoms with Crippen LogP contribution in [0.3, 0.4) is 0 Å². The summed E-state index contributed by atoms with van der Waals surface area (Å²) < 4.78 is 2.35. The molecule has 4 heterocycles. The second-order valence-corrected chi connectivity index (χ2v) is 7.62. The van der Waals surface area contributed by atoms with E-state index in [1.54, 1.807) is 6.33 Å². The first-order chi connectivity index (χ1) is 13.7. The average molecular weight is 372 g/mol. The van der Waals surface area contributed by atoms with Crippen molar-refractivity contribution in [3.63, 3.8) is 0 Å². The highest BCUT2D eigenvalue weighted by molar-refractivity contribution is 5.76. The lowest BCUT2D eigenvalue weighted by atomic mass is 9.99. The van der Waals surface area contributed by atoms with Crippen LogP contribution in [0.25, 0.3) is 11.0 Å². The maximum absolute atomic E-state index is 4.97. The van der Waals surface area contributed by atoms with Gasteiger partial charge in [-0.25, -0.2) is 9.97 Å². The first kappa shape index (κ1) is 17.1. The lowest BCUT2D eigenvalue weighted by molar-refractivity contribution is 0.189. The molecule has 0 fully saturated rings. The van der Waals surface area contributed by atoms with Crippen LogP contribution >= 0.6 is 0 Å². The van der Waals surface area contributed by atoms with Crippen molar-refractivity contribution >= 4 is 11.0 Å². The fraction of sp³-hybridized carbons (Fsp3) is 0.318. The van der Waals surface area contributed by atoms with E-state index in [1.165, 1.54) is 11.2 Å². The van der Waals surface area contributed by atoms with E-state index in [-0.39, 0.29) is 6.04 Å². The highest BCUT2D eigenvalue weighted by Crippen LogP contribution is 2.34. The molecule has 5 rings (SSSR count). The number of nitrogens with zero attached hydrogens (tertiary/aromatic N) is 5. The number of fused-ring (bicyclic) bond motifs is 2. The SMILES string of the molecule is CC(C)n1c(CN2CCc3[nH]cnc3[C@H]2c2ccccn2)nc2ccccc21. The van der Waals surface area contributed by atoms with Crippen molar-refractivity contribution in [3.8, 4) is 0 Å². The van der Waals surface area contributed by atoms with Crippen molar-refractivity contribution in [3.05, 3.63) is 77.9 Å². The Balaban J connectivity index is 1.58. The Hall–Kier alpha value is -2.99. The smallest absolute Gasteiger partial charge is 0.124 e. The van der Waals surface area contributed by atoms with E-state index in [9.17, 15) is 0 Å². The molecule has 1 aromatic carbocycles. The number of aromatic amines is 1. The minimum Gasteiger partial charge on any atom is -0.348 e. The Morgan fingerprint density at radius 3 is 2.79 bits per heavy atom. The van der Waals surface area contributed by atoms with Gasteiger partial charge >= 0.3 is 0 Å². The molecule has 4 aromatic rings. The van der Waals surface area contributed by atoms with Crippen molar-refractivity contribution in [2.45, 2.75) is 38.9 Å². The average Bonchev–Trinajstić information content (AvgIpc) is 3.32. The first-order valence-electron chi connectivity index (χ1n) is 9.85. The zero-order chi connectivity index (χ0) is 19.1. The molecule has 0 saturated carbocycles. The van der Waals surface area contributed by atoms with E-state index in [1.807, 2.05) is 18.3 Å². The van der Waals surface area contributed by atoms with Crippen molar-refractivity contribution in [2.24, 2.45) is 0 Å². The lowest BCUT2D eigenvalue weighted by Gasteiger charge is -2.34. The monoisotopic (exact) mass is 372 g/mol. The molecule has 0 aliphatic carbocycles. The molecule has 0 spiro atoms. The van der Waals surface area contributed by atoms with Crippen molar-refractivity contribution in [1.82, 2.24) is 29.4 Å². The molecule has 0 bridgehead atoms. The summed E-state index contributed by atoms with van der Waals surface area (Å²) in [4.78, 5) is 20.0. The third-order valence-electron chi connectivity index (χ3n) is 5.52. The second-order valence-electron chi connectivity index (χ2n) is 7.62. The van der Waals surface area contributed by atoms with Crippen LogP contribution in [-0.2, 0) is 13.0 Å². The summed E-state index contributed by atoms with van der Waals surface area (Å²) in [7, 11) is 0. The van der Waals surface area contributed by atoms with Crippen molar-refractivity contribution in [1.29, 1.82) is 0 Å². The predicted molar refractivity (Wildman–Crippen MR) is 109 cm³/mol. The Morgan fingerprint density at radius 2 is 1.96 bits per heavy atom. The van der Waals surface area contributed by atoms with E-state index in [2.05, 4.69) is 68.6 Å². The van der Waals surface area contributed by atoms with Crippen LogP contribution in [0.5, 0.6) is 0 Å². The molecule has 28 heavy (non-hydrogen) atoms. The molecule has 1 aliphatic rings. The van der Waals surface area contributed by atoms with Crippen LogP contribution in [-0.4, -0.2) is 35.9 Å². The maximum Gasteiger partial charge on any atom is 0.124 e.